The van der Waals surface area contributed by atoms with Crippen LogP contribution >= 0.6 is 0 Å². The van der Waals surface area contributed by atoms with E-state index in [0.29, 0.717) is 43.2 Å². The number of rotatable bonds is 4. The molecule has 0 aliphatic carbocycles. The van der Waals surface area contributed by atoms with Crippen LogP contribution in [0.4, 0.5) is 16.2 Å². The molecule has 0 aromatic heterocycles. The van der Waals surface area contributed by atoms with E-state index in [1.54, 1.807) is 36.4 Å². The number of carbonyl (C=O) groups excluding carboxylic acids is 1. The van der Waals surface area contributed by atoms with Crippen molar-refractivity contribution in [2.75, 3.05) is 36.9 Å². The molecule has 1 aliphatic rings. The van der Waals surface area contributed by atoms with Crippen LogP contribution in [0.25, 0.3) is 0 Å². The number of nitriles is 1. The number of carbonyl (C=O) groups is 1. The van der Waals surface area contributed by atoms with E-state index >= 15 is 0 Å². The number of ether oxygens (including phenoxy) is 1. The lowest BCUT2D eigenvalue weighted by Gasteiger charge is -2.26. The summed E-state index contributed by atoms with van der Waals surface area (Å²) in [4.78, 5) is 12.3. The van der Waals surface area contributed by atoms with Gasteiger partial charge < -0.3 is 15.4 Å². The van der Waals surface area contributed by atoms with Crippen molar-refractivity contribution in [1.29, 1.82) is 5.26 Å². The topological polar surface area (TPSA) is 112 Å². The molecule has 0 atom stereocenters. The summed E-state index contributed by atoms with van der Waals surface area (Å²) in [5, 5.41) is 14.1. The SMILES string of the molecule is N#Cc1cccc(NC(=O)Nc2cccc(S(=O)(=O)N3CCOCC3)c2)c1. The van der Waals surface area contributed by atoms with E-state index in [-0.39, 0.29) is 4.90 Å². The van der Waals surface area contributed by atoms with Gasteiger partial charge in [0.25, 0.3) is 0 Å². The van der Waals surface area contributed by atoms with E-state index in [1.165, 1.54) is 16.4 Å². The molecule has 27 heavy (non-hydrogen) atoms. The Hall–Kier alpha value is -2.93. The van der Waals surface area contributed by atoms with Crippen molar-refractivity contribution in [2.45, 2.75) is 4.90 Å². The van der Waals surface area contributed by atoms with Gasteiger partial charge in [0.15, 0.2) is 0 Å². The maximum absolute atomic E-state index is 12.7. The molecule has 1 heterocycles. The van der Waals surface area contributed by atoms with Crippen LogP contribution in [0.5, 0.6) is 0 Å². The number of hydrogen-bond donors (Lipinski definition) is 2. The number of hydrogen-bond acceptors (Lipinski definition) is 5. The van der Waals surface area contributed by atoms with Crippen molar-refractivity contribution >= 4 is 27.4 Å². The van der Waals surface area contributed by atoms with Gasteiger partial charge in [-0.25, -0.2) is 13.2 Å². The third kappa shape index (κ3) is 4.62. The van der Waals surface area contributed by atoms with Gasteiger partial charge in [0.1, 0.15) is 0 Å². The quantitative estimate of drug-likeness (QED) is 0.837. The molecule has 2 amide bonds. The highest BCUT2D eigenvalue weighted by atomic mass is 32.2. The molecule has 2 aromatic rings. The van der Waals surface area contributed by atoms with E-state index in [1.807, 2.05) is 6.07 Å². The zero-order valence-electron chi connectivity index (χ0n) is 14.4. The van der Waals surface area contributed by atoms with Crippen LogP contribution in [-0.4, -0.2) is 45.1 Å². The predicted octanol–water partition coefficient (Wildman–Crippen LogP) is 2.22. The monoisotopic (exact) mass is 386 g/mol. The first-order chi connectivity index (χ1) is 13.0. The molecule has 2 aromatic carbocycles. The molecular formula is C18H18N4O4S. The lowest BCUT2D eigenvalue weighted by molar-refractivity contribution is 0.0730. The number of amides is 2. The van der Waals surface area contributed by atoms with Gasteiger partial charge in [0, 0.05) is 24.5 Å². The third-order valence-electron chi connectivity index (χ3n) is 3.95. The second-order valence-electron chi connectivity index (χ2n) is 5.82. The summed E-state index contributed by atoms with van der Waals surface area (Å²) in [7, 11) is -3.64. The summed E-state index contributed by atoms with van der Waals surface area (Å²) >= 11 is 0. The Morgan fingerprint density at radius 1 is 1.04 bits per heavy atom. The Morgan fingerprint density at radius 2 is 1.67 bits per heavy atom. The van der Waals surface area contributed by atoms with Gasteiger partial charge in [-0.15, -0.1) is 0 Å². The number of nitrogens with one attached hydrogen (secondary N) is 2. The summed E-state index contributed by atoms with van der Waals surface area (Å²) in [6.07, 6.45) is 0. The molecule has 140 valence electrons. The van der Waals surface area contributed by atoms with Gasteiger partial charge in [-0.2, -0.15) is 9.57 Å². The van der Waals surface area contributed by atoms with Gasteiger partial charge in [0.05, 0.1) is 29.7 Å². The minimum Gasteiger partial charge on any atom is -0.379 e. The standard InChI is InChI=1S/C18H18N4O4S/c19-13-14-3-1-4-15(11-14)20-18(23)21-16-5-2-6-17(12-16)27(24,25)22-7-9-26-10-8-22/h1-6,11-12H,7-10H2,(H2,20,21,23). The highest BCUT2D eigenvalue weighted by Crippen LogP contribution is 2.21. The average molecular weight is 386 g/mol. The number of anilines is 2. The smallest absolute Gasteiger partial charge is 0.323 e. The summed E-state index contributed by atoms with van der Waals surface area (Å²) in [5.74, 6) is 0. The molecule has 2 N–H and O–H groups in total. The summed E-state index contributed by atoms with van der Waals surface area (Å²) < 4.78 is 31.9. The van der Waals surface area contributed by atoms with Crippen LogP contribution in [0, 0.1) is 11.3 Å². The number of sulfonamides is 1. The van der Waals surface area contributed by atoms with Crippen LogP contribution in [0.3, 0.4) is 0 Å². The van der Waals surface area contributed by atoms with Crippen molar-refractivity contribution in [2.24, 2.45) is 0 Å². The molecule has 1 aliphatic heterocycles. The van der Waals surface area contributed by atoms with Crippen molar-refractivity contribution in [3.05, 3.63) is 54.1 Å². The third-order valence-corrected chi connectivity index (χ3v) is 5.84. The van der Waals surface area contributed by atoms with Crippen molar-refractivity contribution in [3.63, 3.8) is 0 Å². The fourth-order valence-corrected chi connectivity index (χ4v) is 4.08. The molecule has 9 heteroatoms. The Kier molecular flexibility index (Phi) is 5.71. The molecule has 0 bridgehead atoms. The van der Waals surface area contributed by atoms with Gasteiger partial charge in [-0.3, -0.25) is 0 Å². The van der Waals surface area contributed by atoms with E-state index in [4.69, 9.17) is 10.00 Å². The van der Waals surface area contributed by atoms with Gasteiger partial charge >= 0.3 is 6.03 Å². The van der Waals surface area contributed by atoms with Gasteiger partial charge in [-0.1, -0.05) is 12.1 Å². The van der Waals surface area contributed by atoms with Crippen molar-refractivity contribution in [3.8, 4) is 6.07 Å². The molecule has 3 rings (SSSR count). The van der Waals surface area contributed by atoms with Gasteiger partial charge in [-0.05, 0) is 36.4 Å². The molecule has 1 saturated heterocycles. The van der Waals surface area contributed by atoms with E-state index in [2.05, 4.69) is 10.6 Å². The summed E-state index contributed by atoms with van der Waals surface area (Å²) in [6.45, 7) is 1.33. The fourth-order valence-electron chi connectivity index (χ4n) is 2.63. The van der Waals surface area contributed by atoms with E-state index in [0.717, 1.165) is 0 Å². The van der Waals surface area contributed by atoms with E-state index < -0.39 is 16.1 Å². The molecule has 0 unspecified atom stereocenters. The zero-order valence-corrected chi connectivity index (χ0v) is 15.2. The Morgan fingerprint density at radius 3 is 2.33 bits per heavy atom. The predicted molar refractivity (Wildman–Crippen MR) is 99.8 cm³/mol. The Labute approximate surface area is 157 Å². The Bertz CT molecular complexity index is 979. The second kappa shape index (κ2) is 8.18. The minimum absolute atomic E-state index is 0.105. The maximum Gasteiger partial charge on any atom is 0.323 e. The second-order valence-corrected chi connectivity index (χ2v) is 7.75. The Balaban J connectivity index is 1.71. The van der Waals surface area contributed by atoms with E-state index in [9.17, 15) is 13.2 Å². The van der Waals surface area contributed by atoms with Crippen LogP contribution in [0.1, 0.15) is 5.56 Å². The van der Waals surface area contributed by atoms with Crippen LogP contribution < -0.4 is 10.6 Å². The van der Waals surface area contributed by atoms with Crippen LogP contribution in [0.2, 0.25) is 0 Å². The fraction of sp³-hybridized carbons (Fsp3) is 0.222. The van der Waals surface area contributed by atoms with Crippen LogP contribution in [0.15, 0.2) is 53.4 Å². The zero-order chi connectivity index (χ0) is 19.3. The van der Waals surface area contributed by atoms with Crippen molar-refractivity contribution in [1.82, 2.24) is 4.31 Å². The highest BCUT2D eigenvalue weighted by molar-refractivity contribution is 7.89. The van der Waals surface area contributed by atoms with Gasteiger partial charge in [0.2, 0.25) is 10.0 Å². The molecular weight excluding hydrogens is 368 g/mol. The molecule has 0 radical (unpaired) electrons. The number of morpholine rings is 1. The summed E-state index contributed by atoms with van der Waals surface area (Å²) in [6, 6.07) is 14.0. The molecule has 1 fully saturated rings. The average Bonchev–Trinajstić information content (AvgIpc) is 2.69. The lowest BCUT2D eigenvalue weighted by Crippen LogP contribution is -2.40. The normalized spacial score (nSPS) is 14.9. The number of nitrogens with zero attached hydrogens (tertiary/aromatic N) is 2. The number of benzene rings is 2. The highest BCUT2D eigenvalue weighted by Gasteiger charge is 2.26. The molecule has 0 spiro atoms. The lowest BCUT2D eigenvalue weighted by atomic mass is 10.2. The molecule has 8 nitrogen and oxygen atoms in total. The first kappa shape index (κ1) is 18.8. The van der Waals surface area contributed by atoms with Crippen LogP contribution in [-0.2, 0) is 14.8 Å². The minimum atomic E-state index is -3.64. The first-order valence-electron chi connectivity index (χ1n) is 8.25. The maximum atomic E-state index is 12.7. The van der Waals surface area contributed by atoms with Crippen molar-refractivity contribution < 1.29 is 17.9 Å². The number of urea groups is 1. The summed E-state index contributed by atoms with van der Waals surface area (Å²) in [5.41, 5.74) is 1.23. The largest absolute Gasteiger partial charge is 0.379 e. The first-order valence-corrected chi connectivity index (χ1v) is 9.69. The molecule has 0 saturated carbocycles.